The topological polar surface area (TPSA) is 240 Å². The fourth-order valence-electron chi connectivity index (χ4n) is 3.27. The number of nitrogens with one attached hydrogen (secondary N) is 2. The predicted molar refractivity (Wildman–Crippen MR) is 146 cm³/mol. The molecular formula is C24H17N7O10. The Morgan fingerprint density at radius 3 is 1.05 bits per heavy atom. The van der Waals surface area contributed by atoms with Gasteiger partial charge < -0.3 is 10.6 Å². The molecule has 4 aromatic rings. The SMILES string of the molecule is O=[N+]([O-])c1ccc(Nc2cc(Nc3ccc([N+](=O)[O-])cc3)c([N+](=O)[O-])cc2[N+](=O)[O-])cc1.O=[N+]([O-])c1ccccc1. The molecule has 0 heterocycles. The van der Waals surface area contributed by atoms with Crippen LogP contribution in [0.2, 0.25) is 0 Å². The van der Waals surface area contributed by atoms with Gasteiger partial charge in [0.1, 0.15) is 11.4 Å². The van der Waals surface area contributed by atoms with Gasteiger partial charge in [-0.1, -0.05) is 18.2 Å². The van der Waals surface area contributed by atoms with Gasteiger partial charge in [-0.05, 0) is 30.3 Å². The molecular weight excluding hydrogens is 546 g/mol. The zero-order chi connectivity index (χ0) is 30.1. The zero-order valence-corrected chi connectivity index (χ0v) is 20.5. The Morgan fingerprint density at radius 1 is 0.415 bits per heavy atom. The zero-order valence-electron chi connectivity index (χ0n) is 20.5. The molecule has 0 radical (unpaired) electrons. The quantitative estimate of drug-likeness (QED) is 0.166. The van der Waals surface area contributed by atoms with Crippen molar-refractivity contribution < 1.29 is 24.6 Å². The Morgan fingerprint density at radius 2 is 0.756 bits per heavy atom. The Labute approximate surface area is 228 Å². The molecule has 4 aromatic carbocycles. The van der Waals surface area contributed by atoms with Gasteiger partial charge in [0.15, 0.2) is 0 Å². The number of anilines is 4. The summed E-state index contributed by atoms with van der Waals surface area (Å²) in [6.45, 7) is 0. The van der Waals surface area contributed by atoms with Crippen molar-refractivity contribution in [2.24, 2.45) is 0 Å². The van der Waals surface area contributed by atoms with Gasteiger partial charge in [-0.2, -0.15) is 0 Å². The number of nitro benzene ring substituents is 5. The molecule has 0 amide bonds. The predicted octanol–water partition coefficient (Wildman–Crippen LogP) is 6.40. The standard InChI is InChI=1S/C18H12N6O8.C6H5NO2/c25-21(26)13-5-1-11(2-6-13)19-15-9-16(18(24(31)32)10-17(15)23(29)30)20-12-3-7-14(8-4-12)22(27)28;8-7(9)6-4-2-1-3-5-6/h1-10,19-20H;1-5H. The first-order chi connectivity index (χ1) is 19.5. The number of hydrogen-bond acceptors (Lipinski definition) is 12. The first-order valence-corrected chi connectivity index (χ1v) is 11.2. The van der Waals surface area contributed by atoms with Crippen LogP contribution in [0.15, 0.2) is 91.0 Å². The maximum Gasteiger partial charge on any atom is 0.299 e. The summed E-state index contributed by atoms with van der Waals surface area (Å²) in [7, 11) is 0. The van der Waals surface area contributed by atoms with Crippen LogP contribution in [-0.4, -0.2) is 24.6 Å². The fraction of sp³-hybridized carbons (Fsp3) is 0. The van der Waals surface area contributed by atoms with E-state index in [1.54, 1.807) is 18.2 Å². The average Bonchev–Trinajstić information content (AvgIpc) is 2.94. The summed E-state index contributed by atoms with van der Waals surface area (Å²) in [6.07, 6.45) is 0. The summed E-state index contributed by atoms with van der Waals surface area (Å²) in [5.41, 5.74) is -1.10. The highest BCUT2D eigenvalue weighted by atomic mass is 16.6. The fourth-order valence-corrected chi connectivity index (χ4v) is 3.27. The van der Waals surface area contributed by atoms with Crippen LogP contribution in [0.25, 0.3) is 0 Å². The maximum atomic E-state index is 11.5. The van der Waals surface area contributed by atoms with Crippen molar-refractivity contribution in [3.05, 3.63) is 142 Å². The molecule has 0 aliphatic rings. The molecule has 2 N–H and O–H groups in total. The second-order valence-corrected chi connectivity index (χ2v) is 7.85. The highest BCUT2D eigenvalue weighted by molar-refractivity contribution is 5.82. The minimum atomic E-state index is -0.809. The van der Waals surface area contributed by atoms with Crippen molar-refractivity contribution in [2.45, 2.75) is 0 Å². The second kappa shape index (κ2) is 12.8. The highest BCUT2D eigenvalue weighted by Gasteiger charge is 2.25. The average molecular weight is 563 g/mol. The lowest BCUT2D eigenvalue weighted by Gasteiger charge is -2.12. The summed E-state index contributed by atoms with van der Waals surface area (Å²) in [4.78, 5) is 51.3. The van der Waals surface area contributed by atoms with E-state index in [0.29, 0.717) is 0 Å². The van der Waals surface area contributed by atoms with Crippen molar-refractivity contribution in [2.75, 3.05) is 10.6 Å². The van der Waals surface area contributed by atoms with Gasteiger partial charge in [-0.25, -0.2) is 0 Å². The Balaban J connectivity index is 0.000000436. The minimum absolute atomic E-state index is 0.112. The van der Waals surface area contributed by atoms with E-state index < -0.39 is 36.0 Å². The highest BCUT2D eigenvalue weighted by Crippen LogP contribution is 2.39. The molecule has 0 saturated heterocycles. The van der Waals surface area contributed by atoms with Crippen molar-refractivity contribution in [1.82, 2.24) is 0 Å². The molecule has 0 bridgehead atoms. The van der Waals surface area contributed by atoms with Gasteiger partial charge in [-0.15, -0.1) is 0 Å². The molecule has 17 heteroatoms. The van der Waals surface area contributed by atoms with Crippen molar-refractivity contribution >= 4 is 51.2 Å². The van der Waals surface area contributed by atoms with Crippen LogP contribution in [0.3, 0.4) is 0 Å². The smallest absolute Gasteiger partial charge is 0.299 e. The van der Waals surface area contributed by atoms with Crippen LogP contribution in [0.5, 0.6) is 0 Å². The third-order valence-electron chi connectivity index (χ3n) is 5.19. The number of benzene rings is 4. The number of nitrogens with zero attached hydrogens (tertiary/aromatic N) is 5. The second-order valence-electron chi connectivity index (χ2n) is 7.85. The van der Waals surface area contributed by atoms with Crippen LogP contribution in [0.4, 0.5) is 51.2 Å². The molecule has 0 aliphatic carbocycles. The van der Waals surface area contributed by atoms with Crippen LogP contribution < -0.4 is 10.6 Å². The van der Waals surface area contributed by atoms with Crippen LogP contribution in [0.1, 0.15) is 0 Å². The number of nitro groups is 5. The summed E-state index contributed by atoms with van der Waals surface area (Å²) in [6, 6.07) is 19.9. The normalized spacial score (nSPS) is 9.95. The third-order valence-corrected chi connectivity index (χ3v) is 5.19. The summed E-state index contributed by atoms with van der Waals surface area (Å²) in [5, 5.41) is 59.9. The minimum Gasteiger partial charge on any atom is -0.350 e. The first-order valence-electron chi connectivity index (χ1n) is 11.2. The Bertz CT molecular complexity index is 1520. The lowest BCUT2D eigenvalue weighted by atomic mass is 10.1. The number of para-hydroxylation sites is 1. The van der Waals surface area contributed by atoms with E-state index in [1.165, 1.54) is 60.7 Å². The Kier molecular flexibility index (Phi) is 9.08. The molecule has 0 unspecified atom stereocenters. The molecule has 41 heavy (non-hydrogen) atoms. The monoisotopic (exact) mass is 563 g/mol. The van der Waals surface area contributed by atoms with Gasteiger partial charge in [-0.3, -0.25) is 50.6 Å². The van der Waals surface area contributed by atoms with Crippen molar-refractivity contribution in [3.8, 4) is 0 Å². The number of hydrogen-bond donors (Lipinski definition) is 2. The van der Waals surface area contributed by atoms with Gasteiger partial charge in [0, 0.05) is 47.8 Å². The molecule has 0 saturated carbocycles. The molecule has 0 atom stereocenters. The van der Waals surface area contributed by atoms with Gasteiger partial charge in [0.2, 0.25) is 0 Å². The van der Waals surface area contributed by atoms with Crippen LogP contribution in [-0.2, 0) is 0 Å². The van der Waals surface area contributed by atoms with Crippen molar-refractivity contribution in [3.63, 3.8) is 0 Å². The van der Waals surface area contributed by atoms with E-state index in [9.17, 15) is 50.6 Å². The summed E-state index contributed by atoms with van der Waals surface area (Å²) < 4.78 is 0. The number of rotatable bonds is 9. The third kappa shape index (κ3) is 7.74. The van der Waals surface area contributed by atoms with E-state index in [0.717, 1.165) is 12.1 Å². The van der Waals surface area contributed by atoms with Crippen LogP contribution in [0, 0.1) is 50.6 Å². The summed E-state index contributed by atoms with van der Waals surface area (Å²) in [5.74, 6) is 0. The molecule has 0 aliphatic heterocycles. The first kappa shape index (κ1) is 29.0. The largest absolute Gasteiger partial charge is 0.350 e. The van der Waals surface area contributed by atoms with E-state index >= 15 is 0 Å². The van der Waals surface area contributed by atoms with Crippen LogP contribution >= 0.6 is 0 Å². The Hall–Kier alpha value is -6.52. The summed E-state index contributed by atoms with van der Waals surface area (Å²) >= 11 is 0. The van der Waals surface area contributed by atoms with E-state index in [-0.39, 0.29) is 39.8 Å². The lowest BCUT2D eigenvalue weighted by Crippen LogP contribution is -2.03. The van der Waals surface area contributed by atoms with E-state index in [1.807, 2.05) is 0 Å². The van der Waals surface area contributed by atoms with Gasteiger partial charge in [0.05, 0.1) is 30.7 Å². The van der Waals surface area contributed by atoms with Crippen molar-refractivity contribution in [1.29, 1.82) is 0 Å². The molecule has 4 rings (SSSR count). The molecule has 0 spiro atoms. The lowest BCUT2D eigenvalue weighted by molar-refractivity contribution is -0.393. The van der Waals surface area contributed by atoms with E-state index in [4.69, 9.17) is 0 Å². The number of non-ortho nitro benzene ring substituents is 3. The van der Waals surface area contributed by atoms with E-state index in [2.05, 4.69) is 10.6 Å². The molecule has 17 nitrogen and oxygen atoms in total. The van der Waals surface area contributed by atoms with Gasteiger partial charge >= 0.3 is 0 Å². The molecule has 0 fully saturated rings. The maximum absolute atomic E-state index is 11.5. The van der Waals surface area contributed by atoms with Gasteiger partial charge in [0.25, 0.3) is 28.4 Å². The molecule has 0 aromatic heterocycles. The molecule has 208 valence electrons.